The number of nitrogens with zero attached hydrogens (tertiary/aromatic N) is 1. The van der Waals surface area contributed by atoms with E-state index < -0.39 is 11.9 Å². The van der Waals surface area contributed by atoms with Crippen molar-refractivity contribution in [2.45, 2.75) is 33.8 Å². The van der Waals surface area contributed by atoms with Gasteiger partial charge in [0.25, 0.3) is 0 Å². The van der Waals surface area contributed by atoms with Gasteiger partial charge in [0.2, 0.25) is 0 Å². The molecule has 0 bridgehead atoms. The third-order valence-corrected chi connectivity index (χ3v) is 3.39. The van der Waals surface area contributed by atoms with Crippen LogP contribution in [0.15, 0.2) is 48.5 Å². The Kier molecular flexibility index (Phi) is 6.99. The van der Waals surface area contributed by atoms with Gasteiger partial charge in [-0.15, -0.1) is 0 Å². The Hall–Kier alpha value is -3.06. The second-order valence-corrected chi connectivity index (χ2v) is 5.46. The molecule has 0 amide bonds. The molecule has 1 N–H and O–H groups in total. The second kappa shape index (κ2) is 9.43. The van der Waals surface area contributed by atoms with E-state index in [1.807, 2.05) is 43.3 Å². The molecule has 0 aliphatic rings. The first kappa shape index (κ1) is 19.3. The van der Waals surface area contributed by atoms with E-state index in [1.54, 1.807) is 12.1 Å². The molecule has 2 aromatic carbocycles. The lowest BCUT2D eigenvalue weighted by Gasteiger charge is -2.23. The number of benzene rings is 2. The van der Waals surface area contributed by atoms with Crippen molar-refractivity contribution in [2.24, 2.45) is 0 Å². The topological polar surface area (TPSA) is 77.1 Å². The lowest BCUT2D eigenvalue weighted by Crippen LogP contribution is -2.29. The van der Waals surface area contributed by atoms with Crippen LogP contribution in [0.2, 0.25) is 0 Å². The molecule has 0 saturated carbocycles. The number of aryl methyl sites for hydroxylation is 1. The zero-order valence-electron chi connectivity index (χ0n) is 15.0. The molecular formula is C19H22N2O5. The predicted molar refractivity (Wildman–Crippen MR) is 96.7 cm³/mol. The molecular weight excluding hydrogens is 336 g/mol. The van der Waals surface area contributed by atoms with Crippen LogP contribution < -0.4 is 10.7 Å². The third-order valence-electron chi connectivity index (χ3n) is 3.39. The van der Waals surface area contributed by atoms with Crippen molar-refractivity contribution in [3.8, 4) is 0 Å². The number of carbonyl (C=O) groups is 2. The van der Waals surface area contributed by atoms with E-state index in [4.69, 9.17) is 14.5 Å². The first-order valence-electron chi connectivity index (χ1n) is 8.22. The van der Waals surface area contributed by atoms with E-state index in [2.05, 4.69) is 5.48 Å². The van der Waals surface area contributed by atoms with Crippen LogP contribution >= 0.6 is 0 Å². The van der Waals surface area contributed by atoms with E-state index in [9.17, 15) is 9.59 Å². The molecule has 26 heavy (non-hydrogen) atoms. The van der Waals surface area contributed by atoms with Crippen molar-refractivity contribution in [2.75, 3.05) is 10.7 Å². The van der Waals surface area contributed by atoms with Crippen molar-refractivity contribution in [1.82, 2.24) is 0 Å². The summed E-state index contributed by atoms with van der Waals surface area (Å²) in [7, 11) is 0. The number of anilines is 2. The number of hydrogen-bond donors (Lipinski definition) is 1. The zero-order chi connectivity index (χ0) is 18.9. The number of carbonyl (C=O) groups excluding carboxylic acids is 2. The van der Waals surface area contributed by atoms with Gasteiger partial charge in [-0.25, -0.2) is 9.59 Å². The van der Waals surface area contributed by atoms with Gasteiger partial charge in [0, 0.05) is 13.8 Å². The summed E-state index contributed by atoms with van der Waals surface area (Å²) in [6.45, 7) is 4.75. The van der Waals surface area contributed by atoms with Crippen LogP contribution in [0, 0.1) is 0 Å². The summed E-state index contributed by atoms with van der Waals surface area (Å²) >= 11 is 0. The van der Waals surface area contributed by atoms with Crippen LogP contribution in [0.25, 0.3) is 0 Å². The normalized spacial score (nSPS) is 10.1. The molecule has 0 aliphatic heterocycles. The average Bonchev–Trinajstić information content (AvgIpc) is 2.61. The smallest absolute Gasteiger partial charge is 0.306 e. The van der Waals surface area contributed by atoms with Gasteiger partial charge < -0.3 is 9.68 Å². The maximum absolute atomic E-state index is 11.4. The van der Waals surface area contributed by atoms with E-state index in [0.29, 0.717) is 24.4 Å². The minimum atomic E-state index is -0.621. The molecule has 7 nitrogen and oxygen atoms in total. The van der Waals surface area contributed by atoms with Gasteiger partial charge in [-0.1, -0.05) is 49.4 Å². The van der Waals surface area contributed by atoms with Crippen LogP contribution in [-0.4, -0.2) is 11.9 Å². The SMILES string of the molecule is CCc1cccc(N(OC(C)=O)OC(C)=O)c1NOCc1ccccc1. The van der Waals surface area contributed by atoms with Gasteiger partial charge in [0.1, 0.15) is 5.69 Å². The molecule has 0 unspecified atom stereocenters. The maximum atomic E-state index is 11.4. The molecule has 0 fully saturated rings. The van der Waals surface area contributed by atoms with Crippen molar-refractivity contribution in [3.05, 3.63) is 59.7 Å². The Morgan fingerprint density at radius 2 is 1.62 bits per heavy atom. The number of rotatable bonds is 8. The van der Waals surface area contributed by atoms with Crippen LogP contribution in [0.3, 0.4) is 0 Å². The van der Waals surface area contributed by atoms with Crippen LogP contribution in [0.4, 0.5) is 11.4 Å². The van der Waals surface area contributed by atoms with Gasteiger partial charge in [-0.2, -0.15) is 0 Å². The van der Waals surface area contributed by atoms with E-state index in [0.717, 1.165) is 16.4 Å². The summed E-state index contributed by atoms with van der Waals surface area (Å²) in [6, 6.07) is 15.0. The Bertz CT molecular complexity index is 733. The summed E-state index contributed by atoms with van der Waals surface area (Å²) in [5.41, 5.74) is 5.68. The van der Waals surface area contributed by atoms with Crippen LogP contribution in [0.5, 0.6) is 0 Å². The van der Waals surface area contributed by atoms with Crippen LogP contribution in [-0.2, 0) is 37.1 Å². The highest BCUT2D eigenvalue weighted by molar-refractivity contribution is 5.76. The van der Waals surface area contributed by atoms with E-state index >= 15 is 0 Å². The van der Waals surface area contributed by atoms with Gasteiger partial charge in [0.05, 0.1) is 12.3 Å². The number of hydrogen-bond acceptors (Lipinski definition) is 7. The fourth-order valence-corrected chi connectivity index (χ4v) is 2.27. The van der Waals surface area contributed by atoms with Crippen molar-refractivity contribution in [3.63, 3.8) is 0 Å². The molecule has 0 spiro atoms. The lowest BCUT2D eigenvalue weighted by atomic mass is 10.1. The molecule has 2 aromatic rings. The highest BCUT2D eigenvalue weighted by atomic mass is 17.0. The lowest BCUT2D eigenvalue weighted by molar-refractivity contribution is -0.170. The molecule has 7 heteroatoms. The highest BCUT2D eigenvalue weighted by Crippen LogP contribution is 2.31. The molecule has 138 valence electrons. The fourth-order valence-electron chi connectivity index (χ4n) is 2.27. The average molecular weight is 358 g/mol. The fraction of sp³-hybridized carbons (Fsp3) is 0.263. The number of para-hydroxylation sites is 1. The third kappa shape index (κ3) is 5.49. The molecule has 0 radical (unpaired) electrons. The Balaban J connectivity index is 2.24. The quantitative estimate of drug-likeness (QED) is 0.723. The zero-order valence-corrected chi connectivity index (χ0v) is 15.0. The van der Waals surface area contributed by atoms with E-state index in [1.165, 1.54) is 13.8 Å². The van der Waals surface area contributed by atoms with Crippen molar-refractivity contribution >= 4 is 23.3 Å². The van der Waals surface area contributed by atoms with Gasteiger partial charge >= 0.3 is 11.9 Å². The first-order chi connectivity index (χ1) is 12.5. The van der Waals surface area contributed by atoms with Gasteiger partial charge in [-0.05, 0) is 28.8 Å². The summed E-state index contributed by atoms with van der Waals surface area (Å²) in [5.74, 6) is -1.24. The Labute approximate surface area is 152 Å². The Morgan fingerprint density at radius 3 is 2.19 bits per heavy atom. The molecule has 0 aromatic heterocycles. The molecule has 0 saturated heterocycles. The van der Waals surface area contributed by atoms with Gasteiger partial charge in [0.15, 0.2) is 0 Å². The van der Waals surface area contributed by atoms with Crippen molar-refractivity contribution < 1.29 is 24.1 Å². The molecule has 2 rings (SSSR count). The first-order valence-corrected chi connectivity index (χ1v) is 8.22. The summed E-state index contributed by atoms with van der Waals surface area (Å²) < 4.78 is 0. The Morgan fingerprint density at radius 1 is 0.962 bits per heavy atom. The van der Waals surface area contributed by atoms with Crippen LogP contribution in [0.1, 0.15) is 31.9 Å². The van der Waals surface area contributed by atoms with Gasteiger partial charge in [-0.3, -0.25) is 10.3 Å². The summed E-state index contributed by atoms with van der Waals surface area (Å²) in [4.78, 5) is 38.3. The maximum Gasteiger partial charge on any atom is 0.333 e. The monoisotopic (exact) mass is 358 g/mol. The predicted octanol–water partition coefficient (Wildman–Crippen LogP) is 3.56. The summed E-state index contributed by atoms with van der Waals surface area (Å²) in [6.07, 6.45) is 0.693. The minimum absolute atomic E-state index is 0.333. The molecule has 0 heterocycles. The molecule has 0 aliphatic carbocycles. The highest BCUT2D eigenvalue weighted by Gasteiger charge is 2.20. The van der Waals surface area contributed by atoms with E-state index in [-0.39, 0.29) is 0 Å². The number of nitrogens with one attached hydrogen (secondary N) is 1. The standard InChI is InChI=1S/C19H22N2O5/c1-4-17-11-8-12-18(21(25-14(2)22)26-15(3)23)19(17)20-24-13-16-9-6-5-7-10-16/h5-12,20H,4,13H2,1-3H3. The minimum Gasteiger partial charge on any atom is -0.306 e. The molecule has 0 atom stereocenters. The summed E-state index contributed by atoms with van der Waals surface area (Å²) in [5, 5.41) is 0.790. The van der Waals surface area contributed by atoms with Crippen molar-refractivity contribution in [1.29, 1.82) is 0 Å². The second-order valence-electron chi connectivity index (χ2n) is 5.46. The largest absolute Gasteiger partial charge is 0.333 e.